The monoisotopic (exact) mass is 403 g/mol. The normalized spacial score (nSPS) is 15.5. The maximum Gasteiger partial charge on any atom is 0.191 e. The highest BCUT2D eigenvalue weighted by atomic mass is 19.1. The Bertz CT molecular complexity index is 802. The Kier molecular flexibility index (Phi) is 7.94. The van der Waals surface area contributed by atoms with Crippen molar-refractivity contribution in [2.45, 2.75) is 19.9 Å². The number of nitrogens with one attached hydrogen (secondary N) is 2. The Balaban J connectivity index is 1.54. The summed E-state index contributed by atoms with van der Waals surface area (Å²) in [6, 6.07) is 6.68. The van der Waals surface area contributed by atoms with E-state index in [1.54, 1.807) is 12.1 Å². The van der Waals surface area contributed by atoms with E-state index in [1.807, 2.05) is 24.6 Å². The third-order valence-electron chi connectivity index (χ3n) is 4.98. The quantitative estimate of drug-likeness (QED) is 0.503. The predicted octanol–water partition coefficient (Wildman–Crippen LogP) is 0.873. The van der Waals surface area contributed by atoms with Crippen LogP contribution in [-0.4, -0.2) is 71.6 Å². The minimum absolute atomic E-state index is 0.210. The van der Waals surface area contributed by atoms with Crippen molar-refractivity contribution >= 4 is 5.96 Å². The van der Waals surface area contributed by atoms with Gasteiger partial charge in [-0.15, -0.1) is 10.2 Å². The van der Waals surface area contributed by atoms with E-state index < -0.39 is 0 Å². The lowest BCUT2D eigenvalue weighted by Gasteiger charge is -2.26. The van der Waals surface area contributed by atoms with Crippen LogP contribution in [0.1, 0.15) is 17.2 Å². The van der Waals surface area contributed by atoms with E-state index in [0.29, 0.717) is 19.5 Å². The number of nitrogens with zero attached hydrogens (tertiary/aromatic N) is 5. The number of benzene rings is 1. The molecule has 2 N–H and O–H groups in total. The van der Waals surface area contributed by atoms with Crippen LogP contribution in [0, 0.1) is 12.7 Å². The van der Waals surface area contributed by atoms with E-state index in [1.165, 1.54) is 6.07 Å². The molecule has 2 heterocycles. The number of hydrogen-bond donors (Lipinski definition) is 2. The molecular weight excluding hydrogens is 373 g/mol. The summed E-state index contributed by atoms with van der Waals surface area (Å²) < 4.78 is 20.7. The van der Waals surface area contributed by atoms with Crippen molar-refractivity contribution in [1.29, 1.82) is 0 Å². The highest BCUT2D eigenvalue weighted by Gasteiger charge is 2.10. The minimum Gasteiger partial charge on any atom is -0.379 e. The molecule has 29 heavy (non-hydrogen) atoms. The number of morpholine rings is 1. The molecule has 2 aromatic rings. The van der Waals surface area contributed by atoms with Gasteiger partial charge in [-0.05, 0) is 31.0 Å². The molecule has 0 atom stereocenters. The highest BCUT2D eigenvalue weighted by molar-refractivity contribution is 5.79. The number of aryl methyl sites for hydroxylation is 1. The van der Waals surface area contributed by atoms with E-state index in [0.717, 1.165) is 62.6 Å². The van der Waals surface area contributed by atoms with Gasteiger partial charge in [0, 0.05) is 39.8 Å². The second-order valence-electron chi connectivity index (χ2n) is 7.07. The molecule has 0 bridgehead atoms. The van der Waals surface area contributed by atoms with E-state index in [9.17, 15) is 4.39 Å². The largest absolute Gasteiger partial charge is 0.379 e. The van der Waals surface area contributed by atoms with Gasteiger partial charge in [-0.25, -0.2) is 9.38 Å². The number of ether oxygens (including phenoxy) is 1. The molecule has 0 amide bonds. The predicted molar refractivity (Wildman–Crippen MR) is 110 cm³/mol. The zero-order valence-electron chi connectivity index (χ0n) is 17.2. The summed E-state index contributed by atoms with van der Waals surface area (Å²) in [7, 11) is 1.93. The van der Waals surface area contributed by atoms with E-state index in [2.05, 4.69) is 30.7 Å². The molecule has 0 radical (unpaired) electrons. The van der Waals surface area contributed by atoms with Crippen LogP contribution in [-0.2, 0) is 24.8 Å². The molecule has 1 aliphatic rings. The average molecular weight is 404 g/mol. The molecule has 158 valence electrons. The maximum absolute atomic E-state index is 13.4. The van der Waals surface area contributed by atoms with Crippen LogP contribution in [0.25, 0.3) is 0 Å². The van der Waals surface area contributed by atoms with Gasteiger partial charge in [0.15, 0.2) is 11.8 Å². The number of aliphatic imine (C=N–C) groups is 1. The fourth-order valence-electron chi connectivity index (χ4n) is 3.09. The number of hydrogen-bond acceptors (Lipinski definition) is 5. The zero-order valence-corrected chi connectivity index (χ0v) is 17.2. The summed E-state index contributed by atoms with van der Waals surface area (Å²) in [6.45, 7) is 8.21. The Morgan fingerprint density at radius 2 is 2.00 bits per heavy atom. The van der Waals surface area contributed by atoms with Gasteiger partial charge in [0.05, 0.1) is 13.2 Å². The molecule has 8 nitrogen and oxygen atoms in total. The van der Waals surface area contributed by atoms with Crippen molar-refractivity contribution in [2.75, 3.05) is 45.9 Å². The molecule has 1 aromatic heterocycles. The summed E-state index contributed by atoms with van der Waals surface area (Å²) in [4.78, 5) is 7.02. The van der Waals surface area contributed by atoms with Crippen molar-refractivity contribution in [3.8, 4) is 0 Å². The van der Waals surface area contributed by atoms with Gasteiger partial charge in [-0.2, -0.15) is 0 Å². The van der Waals surface area contributed by atoms with Crippen molar-refractivity contribution in [2.24, 2.45) is 12.0 Å². The summed E-state index contributed by atoms with van der Waals surface area (Å²) in [5.41, 5.74) is 0.953. The number of rotatable bonds is 8. The average Bonchev–Trinajstić information content (AvgIpc) is 3.04. The Hall–Kier alpha value is -2.52. The van der Waals surface area contributed by atoms with Gasteiger partial charge in [-0.3, -0.25) is 4.90 Å². The molecule has 1 saturated heterocycles. The number of halogens is 1. The van der Waals surface area contributed by atoms with E-state index in [-0.39, 0.29) is 5.82 Å². The van der Waals surface area contributed by atoms with E-state index in [4.69, 9.17) is 4.74 Å². The summed E-state index contributed by atoms with van der Waals surface area (Å²) in [5.74, 6) is 2.17. The maximum atomic E-state index is 13.4. The molecule has 1 fully saturated rings. The Labute approximate surface area is 171 Å². The first kappa shape index (κ1) is 21.2. The van der Waals surface area contributed by atoms with Gasteiger partial charge in [0.2, 0.25) is 0 Å². The first-order valence-corrected chi connectivity index (χ1v) is 10.0. The molecule has 0 unspecified atom stereocenters. The van der Waals surface area contributed by atoms with Crippen LogP contribution < -0.4 is 10.6 Å². The van der Waals surface area contributed by atoms with Gasteiger partial charge >= 0.3 is 0 Å². The first-order chi connectivity index (χ1) is 14.1. The molecule has 0 saturated carbocycles. The molecule has 9 heteroatoms. The standard InChI is InChI=1S/C20H30FN7O/c1-16-25-26-19(27(16)2)15-24-20(23-8-9-28-10-12-29-13-11-28)22-7-6-17-4-3-5-18(21)14-17/h3-5,14H,6-13,15H2,1-2H3,(H2,22,23,24). The van der Waals surface area contributed by atoms with Gasteiger partial charge in [-0.1, -0.05) is 12.1 Å². The van der Waals surface area contributed by atoms with Crippen LogP contribution >= 0.6 is 0 Å². The number of guanidine groups is 1. The summed E-state index contributed by atoms with van der Waals surface area (Å²) >= 11 is 0. The lowest BCUT2D eigenvalue weighted by atomic mass is 10.1. The van der Waals surface area contributed by atoms with Gasteiger partial charge in [0.25, 0.3) is 0 Å². The third-order valence-corrected chi connectivity index (χ3v) is 4.98. The lowest BCUT2D eigenvalue weighted by molar-refractivity contribution is 0.0389. The first-order valence-electron chi connectivity index (χ1n) is 10.0. The molecule has 1 aliphatic heterocycles. The Morgan fingerprint density at radius 1 is 1.21 bits per heavy atom. The van der Waals surface area contributed by atoms with Crippen LogP contribution in [0.2, 0.25) is 0 Å². The second kappa shape index (κ2) is 10.9. The van der Waals surface area contributed by atoms with E-state index >= 15 is 0 Å². The lowest BCUT2D eigenvalue weighted by Crippen LogP contribution is -2.44. The Morgan fingerprint density at radius 3 is 2.72 bits per heavy atom. The van der Waals surface area contributed by atoms with Gasteiger partial charge in [0.1, 0.15) is 18.2 Å². The van der Waals surface area contributed by atoms with Crippen molar-refractivity contribution < 1.29 is 9.13 Å². The van der Waals surface area contributed by atoms with Gasteiger partial charge < -0.3 is 19.9 Å². The minimum atomic E-state index is -0.210. The second-order valence-corrected chi connectivity index (χ2v) is 7.07. The molecular formula is C20H30FN7O. The third kappa shape index (κ3) is 6.79. The van der Waals surface area contributed by atoms with Crippen LogP contribution in [0.4, 0.5) is 4.39 Å². The molecule has 1 aromatic carbocycles. The zero-order chi connectivity index (χ0) is 20.5. The van der Waals surface area contributed by atoms with Crippen LogP contribution in [0.5, 0.6) is 0 Å². The fraction of sp³-hybridized carbons (Fsp3) is 0.550. The number of aromatic nitrogens is 3. The summed E-state index contributed by atoms with van der Waals surface area (Å²) in [5, 5.41) is 15.0. The highest BCUT2D eigenvalue weighted by Crippen LogP contribution is 2.04. The fourth-order valence-corrected chi connectivity index (χ4v) is 3.09. The molecule has 0 spiro atoms. The molecule has 0 aliphatic carbocycles. The SMILES string of the molecule is Cc1nnc(CN=C(NCCc2cccc(F)c2)NCCN2CCOCC2)n1C. The van der Waals surface area contributed by atoms with Crippen molar-refractivity contribution in [3.05, 3.63) is 47.3 Å². The molecule has 3 rings (SSSR count). The topological polar surface area (TPSA) is 79.6 Å². The van der Waals surface area contributed by atoms with Crippen molar-refractivity contribution in [1.82, 2.24) is 30.3 Å². The van der Waals surface area contributed by atoms with Crippen molar-refractivity contribution in [3.63, 3.8) is 0 Å². The summed E-state index contributed by atoms with van der Waals surface area (Å²) in [6.07, 6.45) is 0.713. The smallest absolute Gasteiger partial charge is 0.191 e. The van der Waals surface area contributed by atoms with Crippen LogP contribution in [0.15, 0.2) is 29.3 Å². The van der Waals surface area contributed by atoms with Crippen LogP contribution in [0.3, 0.4) is 0 Å².